The van der Waals surface area contributed by atoms with Gasteiger partial charge < -0.3 is 10.6 Å². The van der Waals surface area contributed by atoms with E-state index in [-0.39, 0.29) is 30.9 Å². The van der Waals surface area contributed by atoms with E-state index in [1.54, 1.807) is 0 Å². The summed E-state index contributed by atoms with van der Waals surface area (Å²) >= 11 is 0. The fraction of sp³-hybridized carbons (Fsp3) is 0.417. The smallest absolute Gasteiger partial charge is 0.210 e. The van der Waals surface area contributed by atoms with Gasteiger partial charge in [0.15, 0.2) is 0 Å². The number of rotatable bonds is 1. The van der Waals surface area contributed by atoms with Gasteiger partial charge in [-0.05, 0) is 31.5 Å². The summed E-state index contributed by atoms with van der Waals surface area (Å²) in [6.07, 6.45) is 3.11. The first-order chi connectivity index (χ1) is 7.74. The molecule has 3 heterocycles. The summed E-state index contributed by atoms with van der Waals surface area (Å²) in [5, 5.41) is 0. The van der Waals surface area contributed by atoms with Crippen LogP contribution in [0.3, 0.4) is 0 Å². The quantitative estimate of drug-likeness (QED) is 0.873. The maximum Gasteiger partial charge on any atom is 0.210 e. The Morgan fingerprint density at radius 1 is 1.39 bits per heavy atom. The van der Waals surface area contributed by atoms with Gasteiger partial charge >= 0.3 is 0 Å². The lowest BCUT2D eigenvalue weighted by Crippen LogP contribution is -2.28. The van der Waals surface area contributed by atoms with Gasteiger partial charge in [0.25, 0.3) is 0 Å². The molecule has 18 heavy (non-hydrogen) atoms. The van der Waals surface area contributed by atoms with Crippen molar-refractivity contribution < 1.29 is 0 Å². The van der Waals surface area contributed by atoms with Crippen molar-refractivity contribution in [2.75, 3.05) is 18.0 Å². The fourth-order valence-corrected chi connectivity index (χ4v) is 2.34. The van der Waals surface area contributed by atoms with Gasteiger partial charge in [-0.3, -0.25) is 4.40 Å². The molecule has 0 aliphatic carbocycles. The van der Waals surface area contributed by atoms with Crippen LogP contribution in [0.4, 0.5) is 5.95 Å². The van der Waals surface area contributed by atoms with Gasteiger partial charge in [0, 0.05) is 31.0 Å². The summed E-state index contributed by atoms with van der Waals surface area (Å²) in [6, 6.07) is 6.54. The van der Waals surface area contributed by atoms with Crippen molar-refractivity contribution in [3.05, 3.63) is 30.1 Å². The zero-order valence-corrected chi connectivity index (χ0v) is 11.9. The third kappa shape index (κ3) is 2.55. The van der Waals surface area contributed by atoms with Crippen LogP contribution < -0.4 is 10.6 Å². The molecule has 4 nitrogen and oxygen atoms in total. The van der Waals surface area contributed by atoms with Gasteiger partial charge in [-0.25, -0.2) is 4.98 Å². The van der Waals surface area contributed by atoms with Crippen LogP contribution in [0.5, 0.6) is 0 Å². The molecule has 1 atom stereocenters. The average Bonchev–Trinajstić information content (AvgIpc) is 2.84. The van der Waals surface area contributed by atoms with E-state index in [0.717, 1.165) is 31.2 Å². The summed E-state index contributed by atoms with van der Waals surface area (Å²) in [4.78, 5) is 6.89. The van der Waals surface area contributed by atoms with E-state index in [4.69, 9.17) is 5.73 Å². The molecule has 1 aliphatic rings. The van der Waals surface area contributed by atoms with Crippen LogP contribution in [0.1, 0.15) is 12.1 Å². The topological polar surface area (TPSA) is 46.6 Å². The Balaban J connectivity index is 0.000000810. The second kappa shape index (κ2) is 5.78. The van der Waals surface area contributed by atoms with Crippen LogP contribution in [0.2, 0.25) is 0 Å². The highest BCUT2D eigenvalue weighted by molar-refractivity contribution is 5.85. The molecular weight excluding hydrogens is 271 g/mol. The number of nitrogens with zero attached hydrogens (tertiary/aromatic N) is 3. The summed E-state index contributed by atoms with van der Waals surface area (Å²) in [5.41, 5.74) is 8.20. The van der Waals surface area contributed by atoms with Gasteiger partial charge in [0.2, 0.25) is 5.95 Å². The Morgan fingerprint density at radius 3 is 2.83 bits per heavy atom. The molecular formula is C12H18Cl2N4. The highest BCUT2D eigenvalue weighted by Crippen LogP contribution is 2.20. The molecule has 0 amide bonds. The highest BCUT2D eigenvalue weighted by Gasteiger charge is 2.22. The number of hydrogen-bond acceptors (Lipinski definition) is 3. The van der Waals surface area contributed by atoms with Crippen LogP contribution in [0.15, 0.2) is 24.4 Å². The number of aryl methyl sites for hydroxylation is 1. The van der Waals surface area contributed by atoms with E-state index in [9.17, 15) is 0 Å². The normalized spacial score (nSPS) is 18.6. The maximum atomic E-state index is 5.94. The van der Waals surface area contributed by atoms with Gasteiger partial charge in [-0.15, -0.1) is 24.8 Å². The predicted molar refractivity (Wildman–Crippen MR) is 79.2 cm³/mol. The molecule has 0 bridgehead atoms. The Morgan fingerprint density at radius 2 is 2.17 bits per heavy atom. The fourth-order valence-electron chi connectivity index (χ4n) is 2.34. The molecule has 0 spiro atoms. The zero-order chi connectivity index (χ0) is 11.1. The van der Waals surface area contributed by atoms with E-state index in [2.05, 4.69) is 38.7 Å². The van der Waals surface area contributed by atoms with E-state index >= 15 is 0 Å². The highest BCUT2D eigenvalue weighted by atomic mass is 35.5. The number of halogens is 2. The standard InChI is InChI=1S/C12H16N4.2ClH/c1-9-7-11-3-2-5-16(11)12(14-9)15-6-4-10(13)8-15;;/h2-3,5,7,10H,4,6,8,13H2,1H3;2*1H. The predicted octanol–water partition coefficient (Wildman–Crippen LogP) is 2.02. The number of nitrogens with two attached hydrogens (primary N) is 1. The second-order valence-corrected chi connectivity index (χ2v) is 4.50. The van der Waals surface area contributed by atoms with E-state index in [1.165, 1.54) is 5.52 Å². The summed E-state index contributed by atoms with van der Waals surface area (Å²) in [5.74, 6) is 1.02. The van der Waals surface area contributed by atoms with Gasteiger partial charge in [0.1, 0.15) is 0 Å². The number of anilines is 1. The molecule has 1 unspecified atom stereocenters. The molecule has 100 valence electrons. The molecule has 2 N–H and O–H groups in total. The van der Waals surface area contributed by atoms with Crippen molar-refractivity contribution in [3.63, 3.8) is 0 Å². The molecule has 1 aliphatic heterocycles. The minimum atomic E-state index is 0. The second-order valence-electron chi connectivity index (χ2n) is 4.50. The van der Waals surface area contributed by atoms with Crippen LogP contribution in [0, 0.1) is 6.92 Å². The number of fused-ring (bicyclic) bond motifs is 1. The van der Waals surface area contributed by atoms with Gasteiger partial charge in [-0.2, -0.15) is 0 Å². The SMILES string of the molecule is Cc1cc2cccn2c(N2CCC(N)C2)n1.Cl.Cl. The van der Waals surface area contributed by atoms with Crippen LogP contribution in [-0.4, -0.2) is 28.5 Å². The zero-order valence-electron chi connectivity index (χ0n) is 10.2. The first kappa shape index (κ1) is 15.1. The first-order valence-corrected chi connectivity index (χ1v) is 5.69. The summed E-state index contributed by atoms with van der Waals surface area (Å²) in [6.45, 7) is 3.95. The molecule has 0 saturated carbocycles. The van der Waals surface area contributed by atoms with E-state index in [1.807, 2.05) is 6.92 Å². The van der Waals surface area contributed by atoms with Crippen molar-refractivity contribution in [3.8, 4) is 0 Å². The summed E-state index contributed by atoms with van der Waals surface area (Å²) in [7, 11) is 0. The van der Waals surface area contributed by atoms with Crippen LogP contribution in [0.25, 0.3) is 5.52 Å². The maximum absolute atomic E-state index is 5.94. The Bertz CT molecular complexity index is 526. The third-order valence-corrected chi connectivity index (χ3v) is 3.14. The largest absolute Gasteiger partial charge is 0.340 e. The van der Waals surface area contributed by atoms with Crippen molar-refractivity contribution in [2.24, 2.45) is 5.73 Å². The minimum absolute atomic E-state index is 0. The molecule has 2 aromatic rings. The van der Waals surface area contributed by atoms with Crippen molar-refractivity contribution in [1.82, 2.24) is 9.38 Å². The van der Waals surface area contributed by atoms with Gasteiger partial charge in [-0.1, -0.05) is 0 Å². The molecule has 0 radical (unpaired) electrons. The lowest BCUT2D eigenvalue weighted by atomic mass is 10.3. The molecule has 1 saturated heterocycles. The lowest BCUT2D eigenvalue weighted by molar-refractivity contribution is 0.749. The Hall–Kier alpha value is -0.970. The number of hydrogen-bond donors (Lipinski definition) is 1. The molecule has 3 rings (SSSR count). The Kier molecular flexibility index (Phi) is 4.85. The van der Waals surface area contributed by atoms with Crippen LogP contribution >= 0.6 is 24.8 Å². The first-order valence-electron chi connectivity index (χ1n) is 5.69. The monoisotopic (exact) mass is 288 g/mol. The van der Waals surface area contributed by atoms with Crippen molar-refractivity contribution in [2.45, 2.75) is 19.4 Å². The Labute approximate surface area is 119 Å². The molecule has 1 fully saturated rings. The number of aromatic nitrogens is 2. The molecule has 6 heteroatoms. The molecule has 2 aromatic heterocycles. The molecule has 0 aromatic carbocycles. The van der Waals surface area contributed by atoms with E-state index in [0.29, 0.717) is 0 Å². The van der Waals surface area contributed by atoms with E-state index < -0.39 is 0 Å². The van der Waals surface area contributed by atoms with Crippen LogP contribution in [-0.2, 0) is 0 Å². The van der Waals surface area contributed by atoms with Gasteiger partial charge in [0.05, 0.1) is 5.52 Å². The lowest BCUT2D eigenvalue weighted by Gasteiger charge is -2.19. The van der Waals surface area contributed by atoms with Crippen molar-refractivity contribution in [1.29, 1.82) is 0 Å². The average molecular weight is 289 g/mol. The summed E-state index contributed by atoms with van der Waals surface area (Å²) < 4.78 is 2.13. The van der Waals surface area contributed by atoms with Crippen molar-refractivity contribution >= 4 is 36.3 Å². The minimum Gasteiger partial charge on any atom is -0.340 e. The third-order valence-electron chi connectivity index (χ3n) is 3.14.